The van der Waals surface area contributed by atoms with Crippen LogP contribution in [0.2, 0.25) is 0 Å². The zero-order chi connectivity index (χ0) is 17.3. The Balaban J connectivity index is 1.94. The first kappa shape index (κ1) is 15.9. The molecule has 3 rings (SSSR count). The van der Waals surface area contributed by atoms with Crippen LogP contribution in [-0.2, 0) is 0 Å². The van der Waals surface area contributed by atoms with Crippen molar-refractivity contribution in [2.75, 3.05) is 5.32 Å². The van der Waals surface area contributed by atoms with Gasteiger partial charge < -0.3 is 10.1 Å². The number of rotatable bonds is 3. The number of fused-ring (bicyclic) bond motifs is 1. The maximum Gasteiger partial charge on any atom is 0.573 e. The standard InChI is InChI=1S/C16H12F3N3O2/c1-10-4-3-7-22-14(23)9-13(21-15(10)22)20-11-5-2-6-12(8-11)24-16(17,18)19/h2-9,20H,1H3. The molecule has 0 saturated carbocycles. The number of halogens is 3. The highest BCUT2D eigenvalue weighted by Crippen LogP contribution is 2.26. The Morgan fingerprint density at radius 1 is 1.17 bits per heavy atom. The topological polar surface area (TPSA) is 55.6 Å². The Hall–Kier alpha value is -3.03. The van der Waals surface area contributed by atoms with Crippen molar-refractivity contribution in [1.82, 2.24) is 9.38 Å². The van der Waals surface area contributed by atoms with Crippen LogP contribution in [0, 0.1) is 6.92 Å². The second-order valence-electron chi connectivity index (χ2n) is 5.07. The van der Waals surface area contributed by atoms with Crippen LogP contribution < -0.4 is 15.6 Å². The van der Waals surface area contributed by atoms with Crippen LogP contribution in [0.5, 0.6) is 5.75 Å². The smallest absolute Gasteiger partial charge is 0.406 e. The fourth-order valence-electron chi connectivity index (χ4n) is 2.24. The monoisotopic (exact) mass is 335 g/mol. The van der Waals surface area contributed by atoms with Crippen LogP contribution in [0.4, 0.5) is 24.7 Å². The molecule has 0 unspecified atom stereocenters. The predicted octanol–water partition coefficient (Wildman–Crippen LogP) is 3.65. The molecule has 0 bridgehead atoms. The minimum Gasteiger partial charge on any atom is -0.406 e. The zero-order valence-corrected chi connectivity index (χ0v) is 12.5. The molecule has 0 amide bonds. The van der Waals surface area contributed by atoms with E-state index in [2.05, 4.69) is 15.0 Å². The van der Waals surface area contributed by atoms with E-state index in [4.69, 9.17) is 0 Å². The largest absolute Gasteiger partial charge is 0.573 e. The number of aryl methyl sites for hydroxylation is 1. The number of hydrogen-bond acceptors (Lipinski definition) is 4. The van der Waals surface area contributed by atoms with Gasteiger partial charge in [0.15, 0.2) is 0 Å². The lowest BCUT2D eigenvalue weighted by molar-refractivity contribution is -0.274. The Morgan fingerprint density at radius 3 is 2.71 bits per heavy atom. The summed E-state index contributed by atoms with van der Waals surface area (Å²) in [6, 6.07) is 10.1. The minimum atomic E-state index is -4.77. The van der Waals surface area contributed by atoms with Gasteiger partial charge in [-0.3, -0.25) is 9.20 Å². The molecule has 0 aliphatic carbocycles. The Morgan fingerprint density at radius 2 is 1.96 bits per heavy atom. The highest BCUT2D eigenvalue weighted by atomic mass is 19.4. The van der Waals surface area contributed by atoms with Crippen molar-refractivity contribution in [3.63, 3.8) is 0 Å². The average Bonchev–Trinajstić information content (AvgIpc) is 2.47. The molecule has 24 heavy (non-hydrogen) atoms. The van der Waals surface area contributed by atoms with E-state index in [0.717, 1.165) is 5.56 Å². The highest BCUT2D eigenvalue weighted by Gasteiger charge is 2.31. The zero-order valence-electron chi connectivity index (χ0n) is 12.5. The van der Waals surface area contributed by atoms with E-state index in [9.17, 15) is 18.0 Å². The van der Waals surface area contributed by atoms with Crippen molar-refractivity contribution in [2.24, 2.45) is 0 Å². The normalized spacial score (nSPS) is 11.5. The molecule has 3 aromatic rings. The van der Waals surface area contributed by atoms with Gasteiger partial charge in [0.2, 0.25) is 0 Å². The molecule has 0 spiro atoms. The van der Waals surface area contributed by atoms with Gasteiger partial charge in [-0.1, -0.05) is 12.1 Å². The van der Waals surface area contributed by atoms with Crippen molar-refractivity contribution < 1.29 is 17.9 Å². The van der Waals surface area contributed by atoms with Crippen molar-refractivity contribution in [3.05, 3.63) is 64.6 Å². The molecule has 1 N–H and O–H groups in total. The second kappa shape index (κ2) is 5.88. The lowest BCUT2D eigenvalue weighted by Gasteiger charge is -2.11. The molecule has 2 heterocycles. The summed E-state index contributed by atoms with van der Waals surface area (Å²) < 4.78 is 42.1. The van der Waals surface area contributed by atoms with Gasteiger partial charge in [-0.15, -0.1) is 13.2 Å². The first-order valence-corrected chi connectivity index (χ1v) is 6.94. The molecule has 8 heteroatoms. The van der Waals surface area contributed by atoms with E-state index in [1.54, 1.807) is 18.3 Å². The van der Waals surface area contributed by atoms with Crippen LogP contribution in [0.3, 0.4) is 0 Å². The SMILES string of the molecule is Cc1cccn2c(=O)cc(Nc3cccc(OC(F)(F)F)c3)nc12. The number of nitrogens with one attached hydrogen (secondary N) is 1. The number of hydrogen-bond donors (Lipinski definition) is 1. The summed E-state index contributed by atoms with van der Waals surface area (Å²) in [5.74, 6) is -0.125. The fourth-order valence-corrected chi connectivity index (χ4v) is 2.24. The molecular formula is C16H12F3N3O2. The summed E-state index contributed by atoms with van der Waals surface area (Å²) in [7, 11) is 0. The molecule has 2 aromatic heterocycles. The van der Waals surface area contributed by atoms with Crippen LogP contribution >= 0.6 is 0 Å². The second-order valence-corrected chi connectivity index (χ2v) is 5.07. The fraction of sp³-hybridized carbons (Fsp3) is 0.125. The number of alkyl halides is 3. The first-order valence-electron chi connectivity index (χ1n) is 6.94. The number of pyridine rings is 1. The van der Waals surface area contributed by atoms with Crippen molar-refractivity contribution in [1.29, 1.82) is 0 Å². The summed E-state index contributed by atoms with van der Waals surface area (Å²) in [5.41, 5.74) is 1.29. The number of aromatic nitrogens is 2. The summed E-state index contributed by atoms with van der Waals surface area (Å²) >= 11 is 0. The Bertz CT molecular complexity index is 951. The number of anilines is 2. The number of nitrogens with zero attached hydrogens (tertiary/aromatic N) is 2. The van der Waals surface area contributed by atoms with Gasteiger partial charge in [0, 0.05) is 24.0 Å². The summed E-state index contributed by atoms with van der Waals surface area (Å²) in [4.78, 5) is 16.4. The third-order valence-electron chi connectivity index (χ3n) is 3.23. The number of benzene rings is 1. The van der Waals surface area contributed by atoms with Gasteiger partial charge >= 0.3 is 6.36 Å². The Labute approximate surface area is 134 Å². The molecule has 0 fully saturated rings. The lowest BCUT2D eigenvalue weighted by atomic mass is 10.3. The van der Waals surface area contributed by atoms with Crippen molar-refractivity contribution >= 4 is 17.2 Å². The van der Waals surface area contributed by atoms with Crippen LogP contribution in [-0.4, -0.2) is 15.7 Å². The first-order chi connectivity index (χ1) is 11.3. The molecule has 0 aliphatic heterocycles. The van der Waals surface area contributed by atoms with Crippen LogP contribution in [0.25, 0.3) is 5.65 Å². The molecular weight excluding hydrogens is 323 g/mol. The maximum atomic E-state index is 12.3. The average molecular weight is 335 g/mol. The molecule has 0 saturated heterocycles. The van der Waals surface area contributed by atoms with Crippen molar-refractivity contribution in [3.8, 4) is 5.75 Å². The molecule has 5 nitrogen and oxygen atoms in total. The molecule has 0 atom stereocenters. The quantitative estimate of drug-likeness (QED) is 0.794. The predicted molar refractivity (Wildman–Crippen MR) is 82.6 cm³/mol. The molecule has 0 radical (unpaired) electrons. The van der Waals surface area contributed by atoms with Gasteiger partial charge in [-0.2, -0.15) is 0 Å². The highest BCUT2D eigenvalue weighted by molar-refractivity contribution is 5.61. The van der Waals surface area contributed by atoms with E-state index >= 15 is 0 Å². The van der Waals surface area contributed by atoms with E-state index < -0.39 is 6.36 Å². The molecule has 1 aromatic carbocycles. The molecule has 124 valence electrons. The minimum absolute atomic E-state index is 0.235. The van der Waals surface area contributed by atoms with E-state index in [0.29, 0.717) is 11.3 Å². The third-order valence-corrected chi connectivity index (χ3v) is 3.23. The summed E-state index contributed by atoms with van der Waals surface area (Å²) in [6.45, 7) is 1.81. The van der Waals surface area contributed by atoms with Crippen molar-refractivity contribution in [2.45, 2.75) is 13.3 Å². The summed E-state index contributed by atoms with van der Waals surface area (Å²) in [6.07, 6.45) is -3.17. The summed E-state index contributed by atoms with van der Waals surface area (Å²) in [5, 5.41) is 2.82. The van der Waals surface area contributed by atoms with Gasteiger partial charge in [-0.25, -0.2) is 4.98 Å². The van der Waals surface area contributed by atoms with Gasteiger partial charge in [0.1, 0.15) is 17.2 Å². The van der Waals surface area contributed by atoms with Crippen LogP contribution in [0.1, 0.15) is 5.56 Å². The van der Waals surface area contributed by atoms with Gasteiger partial charge in [0.05, 0.1) is 0 Å². The third kappa shape index (κ3) is 3.48. The molecule has 0 aliphatic rings. The maximum absolute atomic E-state index is 12.3. The Kier molecular flexibility index (Phi) is 3.88. The van der Waals surface area contributed by atoms with E-state index in [1.807, 2.05) is 13.0 Å². The van der Waals surface area contributed by atoms with Gasteiger partial charge in [-0.05, 0) is 30.7 Å². The van der Waals surface area contributed by atoms with E-state index in [-0.39, 0.29) is 17.1 Å². The van der Waals surface area contributed by atoms with Crippen LogP contribution in [0.15, 0.2) is 53.5 Å². The van der Waals surface area contributed by atoms with E-state index in [1.165, 1.54) is 28.7 Å². The number of ether oxygens (including phenoxy) is 1. The lowest BCUT2D eigenvalue weighted by Crippen LogP contribution is -2.17. The van der Waals surface area contributed by atoms with Gasteiger partial charge in [0.25, 0.3) is 5.56 Å².